The zero-order valence-electron chi connectivity index (χ0n) is 15.5. The molecule has 0 saturated carbocycles. The van der Waals surface area contributed by atoms with Gasteiger partial charge in [0.15, 0.2) is 5.78 Å². The summed E-state index contributed by atoms with van der Waals surface area (Å²) < 4.78 is 3.64. The molecular formula is C20H23N3O2S. The molecule has 0 aromatic carbocycles. The van der Waals surface area contributed by atoms with E-state index in [0.717, 1.165) is 59.4 Å². The van der Waals surface area contributed by atoms with E-state index in [2.05, 4.69) is 16.5 Å². The van der Waals surface area contributed by atoms with Crippen LogP contribution in [0.3, 0.4) is 0 Å². The van der Waals surface area contributed by atoms with E-state index in [-0.39, 0.29) is 17.9 Å². The highest BCUT2D eigenvalue weighted by Crippen LogP contribution is 2.34. The molecule has 26 heavy (non-hydrogen) atoms. The van der Waals surface area contributed by atoms with Gasteiger partial charge in [0, 0.05) is 28.4 Å². The lowest BCUT2D eigenvalue weighted by Crippen LogP contribution is -2.25. The van der Waals surface area contributed by atoms with E-state index in [4.69, 9.17) is 0 Å². The lowest BCUT2D eigenvalue weighted by Gasteiger charge is -2.08. The minimum Gasteiger partial charge on any atom is -0.348 e. The molecule has 3 heterocycles. The van der Waals surface area contributed by atoms with Gasteiger partial charge in [-0.3, -0.25) is 14.2 Å². The molecule has 0 atom stereocenters. The van der Waals surface area contributed by atoms with E-state index in [1.54, 1.807) is 11.3 Å². The molecule has 136 valence electrons. The summed E-state index contributed by atoms with van der Waals surface area (Å²) >= 11 is 1.63. The summed E-state index contributed by atoms with van der Waals surface area (Å²) in [6, 6.07) is 1.94. The number of aromatic nitrogens is 3. The van der Waals surface area contributed by atoms with Crippen LogP contribution in [0.5, 0.6) is 0 Å². The van der Waals surface area contributed by atoms with Gasteiger partial charge < -0.3 is 4.57 Å². The number of hydrogen-bond donors (Lipinski definition) is 0. The lowest BCUT2D eigenvalue weighted by molar-refractivity contribution is 0.0970. The van der Waals surface area contributed by atoms with Gasteiger partial charge in [-0.05, 0) is 51.2 Å². The van der Waals surface area contributed by atoms with Gasteiger partial charge >= 0.3 is 0 Å². The summed E-state index contributed by atoms with van der Waals surface area (Å²) in [5, 5.41) is 0.731. The molecule has 0 radical (unpaired) electrons. The van der Waals surface area contributed by atoms with Crippen LogP contribution in [0.25, 0.3) is 10.2 Å². The first kappa shape index (κ1) is 17.2. The molecule has 6 heteroatoms. The minimum absolute atomic E-state index is 0.0319. The van der Waals surface area contributed by atoms with Crippen molar-refractivity contribution in [2.75, 3.05) is 0 Å². The summed E-state index contributed by atoms with van der Waals surface area (Å²) in [4.78, 5) is 32.4. The highest BCUT2D eigenvalue weighted by atomic mass is 32.1. The van der Waals surface area contributed by atoms with Crippen LogP contribution in [0.4, 0.5) is 0 Å². The van der Waals surface area contributed by atoms with E-state index < -0.39 is 0 Å². The number of nitrogens with zero attached hydrogens (tertiary/aromatic N) is 3. The number of fused-ring (bicyclic) bond motifs is 3. The van der Waals surface area contributed by atoms with Gasteiger partial charge in [0.1, 0.15) is 4.83 Å². The fraction of sp³-hybridized carbons (Fsp3) is 0.450. The number of carbonyl (C=O) groups is 1. The molecule has 4 rings (SSSR count). The number of Topliss-reactive ketones (excluding diaryl/α,β-unsaturated/α-hetero) is 1. The standard InChI is InChI=1S/C20H23N3O2S/c1-4-8-23-12(2)9-15(13(23)3)16(24)10-22-11-21-19-18(20(22)25)14-6-5-7-17(14)26-19/h9,11H,4-8,10H2,1-3H3. The van der Waals surface area contributed by atoms with Crippen molar-refractivity contribution in [2.24, 2.45) is 0 Å². The fourth-order valence-corrected chi connectivity index (χ4v) is 5.24. The largest absolute Gasteiger partial charge is 0.348 e. The number of carbonyl (C=O) groups excluding carboxylic acids is 1. The molecule has 1 aliphatic rings. The second-order valence-corrected chi connectivity index (χ2v) is 8.16. The molecule has 3 aromatic rings. The van der Waals surface area contributed by atoms with Crippen LogP contribution < -0.4 is 5.56 Å². The highest BCUT2D eigenvalue weighted by Gasteiger charge is 2.22. The average Bonchev–Trinajstić information content (AvgIpc) is 3.26. The quantitative estimate of drug-likeness (QED) is 0.645. The van der Waals surface area contributed by atoms with Gasteiger partial charge in [-0.15, -0.1) is 11.3 Å². The summed E-state index contributed by atoms with van der Waals surface area (Å²) in [6.45, 7) is 7.07. The van der Waals surface area contributed by atoms with Crippen LogP contribution in [0.15, 0.2) is 17.2 Å². The number of ketones is 1. The first-order valence-electron chi connectivity index (χ1n) is 9.20. The van der Waals surface area contributed by atoms with E-state index in [9.17, 15) is 9.59 Å². The zero-order valence-corrected chi connectivity index (χ0v) is 16.3. The predicted octanol–water partition coefficient (Wildman–Crippen LogP) is 3.66. The van der Waals surface area contributed by atoms with Crippen molar-refractivity contribution >= 4 is 27.3 Å². The minimum atomic E-state index is -0.0786. The Morgan fingerprint density at radius 1 is 1.31 bits per heavy atom. The number of aryl methyl sites for hydroxylation is 3. The third kappa shape index (κ3) is 2.63. The van der Waals surface area contributed by atoms with Crippen molar-refractivity contribution in [2.45, 2.75) is 59.5 Å². The molecule has 0 N–H and O–H groups in total. The second kappa shape index (κ2) is 6.50. The molecule has 0 amide bonds. The van der Waals surface area contributed by atoms with E-state index in [0.29, 0.717) is 5.56 Å². The summed E-state index contributed by atoms with van der Waals surface area (Å²) in [5.74, 6) is -0.0319. The Balaban J connectivity index is 1.70. The maximum absolute atomic E-state index is 12.9. The van der Waals surface area contributed by atoms with Gasteiger partial charge in [0.25, 0.3) is 5.56 Å². The number of rotatable bonds is 5. The smallest absolute Gasteiger partial charge is 0.262 e. The lowest BCUT2D eigenvalue weighted by atomic mass is 10.1. The molecule has 0 aliphatic heterocycles. The average molecular weight is 369 g/mol. The van der Waals surface area contributed by atoms with Gasteiger partial charge in [-0.1, -0.05) is 6.92 Å². The van der Waals surface area contributed by atoms with Crippen LogP contribution in [-0.2, 0) is 25.9 Å². The Morgan fingerprint density at radius 2 is 2.12 bits per heavy atom. The van der Waals surface area contributed by atoms with E-state index >= 15 is 0 Å². The molecule has 3 aromatic heterocycles. The van der Waals surface area contributed by atoms with Crippen molar-refractivity contribution < 1.29 is 4.79 Å². The topological polar surface area (TPSA) is 56.9 Å². The maximum atomic E-state index is 12.9. The van der Waals surface area contributed by atoms with Gasteiger partial charge in [-0.2, -0.15) is 0 Å². The normalized spacial score (nSPS) is 13.5. The summed E-state index contributed by atoms with van der Waals surface area (Å²) in [7, 11) is 0. The Kier molecular flexibility index (Phi) is 4.31. The van der Waals surface area contributed by atoms with Crippen molar-refractivity contribution in [1.82, 2.24) is 14.1 Å². The SMILES string of the molecule is CCCn1c(C)cc(C(=O)Cn2cnc3sc4c(c3c2=O)CCC4)c1C. The molecular weight excluding hydrogens is 346 g/mol. The predicted molar refractivity (Wildman–Crippen MR) is 104 cm³/mol. The molecule has 0 saturated heterocycles. The molecule has 0 bridgehead atoms. The molecule has 0 unspecified atom stereocenters. The van der Waals surface area contributed by atoms with E-state index in [1.165, 1.54) is 15.8 Å². The first-order valence-corrected chi connectivity index (χ1v) is 10.0. The Morgan fingerprint density at radius 3 is 2.88 bits per heavy atom. The van der Waals surface area contributed by atoms with Crippen LogP contribution in [0.2, 0.25) is 0 Å². The Hall–Kier alpha value is -2.21. The molecule has 5 nitrogen and oxygen atoms in total. The Bertz CT molecular complexity index is 1070. The van der Waals surface area contributed by atoms with Crippen molar-refractivity contribution in [3.8, 4) is 0 Å². The number of thiophene rings is 1. The summed E-state index contributed by atoms with van der Waals surface area (Å²) in [6.07, 6.45) is 5.64. The number of hydrogen-bond acceptors (Lipinski definition) is 4. The van der Waals surface area contributed by atoms with Crippen molar-refractivity contribution in [1.29, 1.82) is 0 Å². The summed E-state index contributed by atoms with van der Waals surface area (Å²) in [5.41, 5.74) is 3.85. The molecule has 0 fully saturated rings. The monoisotopic (exact) mass is 369 g/mol. The maximum Gasteiger partial charge on any atom is 0.262 e. The van der Waals surface area contributed by atoms with Crippen molar-refractivity contribution in [3.05, 3.63) is 50.1 Å². The van der Waals surface area contributed by atoms with Gasteiger partial charge in [-0.25, -0.2) is 4.98 Å². The third-order valence-corrected chi connectivity index (χ3v) is 6.53. The van der Waals surface area contributed by atoms with Crippen LogP contribution in [-0.4, -0.2) is 19.9 Å². The van der Waals surface area contributed by atoms with Crippen LogP contribution >= 0.6 is 11.3 Å². The highest BCUT2D eigenvalue weighted by molar-refractivity contribution is 7.18. The molecule has 1 aliphatic carbocycles. The Labute approximate surface area is 156 Å². The fourth-order valence-electron chi connectivity index (χ4n) is 4.02. The third-order valence-electron chi connectivity index (χ3n) is 5.33. The molecule has 0 spiro atoms. The van der Waals surface area contributed by atoms with Crippen LogP contribution in [0, 0.1) is 13.8 Å². The second-order valence-electron chi connectivity index (χ2n) is 7.07. The first-order chi connectivity index (χ1) is 12.5. The van der Waals surface area contributed by atoms with E-state index in [1.807, 2.05) is 19.9 Å². The van der Waals surface area contributed by atoms with Crippen LogP contribution in [0.1, 0.15) is 52.0 Å². The van der Waals surface area contributed by atoms with Crippen molar-refractivity contribution in [3.63, 3.8) is 0 Å². The zero-order chi connectivity index (χ0) is 18.4. The van der Waals surface area contributed by atoms with Gasteiger partial charge in [0.2, 0.25) is 0 Å². The van der Waals surface area contributed by atoms with Gasteiger partial charge in [0.05, 0.1) is 18.3 Å².